The summed E-state index contributed by atoms with van der Waals surface area (Å²) >= 11 is 0. The molecule has 4 heteroatoms. The molecule has 0 radical (unpaired) electrons. The summed E-state index contributed by atoms with van der Waals surface area (Å²) in [7, 11) is 3.11. The van der Waals surface area contributed by atoms with Crippen LogP contribution in [0.15, 0.2) is 16.8 Å². The largest absolute Gasteiger partial charge is 0.404 e. The molecular formula is C6H11N3O. The Morgan fingerprint density at radius 1 is 1.70 bits per heavy atom. The molecule has 0 aromatic carbocycles. The van der Waals surface area contributed by atoms with E-state index in [1.807, 2.05) is 0 Å². The molecule has 0 heterocycles. The lowest BCUT2D eigenvalue weighted by molar-refractivity contribution is -0.116. The van der Waals surface area contributed by atoms with Crippen LogP contribution in [0.4, 0.5) is 0 Å². The Morgan fingerprint density at radius 3 is 2.60 bits per heavy atom. The fraction of sp³-hybridized carbons (Fsp3) is 0.333. The topological polar surface area (TPSA) is 67.5 Å². The van der Waals surface area contributed by atoms with E-state index in [0.717, 1.165) is 0 Å². The smallest absolute Gasteiger partial charge is 0.254 e. The van der Waals surface area contributed by atoms with Gasteiger partial charge in [-0.3, -0.25) is 9.79 Å². The molecule has 56 valence electrons. The molecule has 10 heavy (non-hydrogen) atoms. The highest BCUT2D eigenvalue weighted by Gasteiger charge is 2.00. The van der Waals surface area contributed by atoms with Gasteiger partial charge in [-0.2, -0.15) is 0 Å². The second-order valence-corrected chi connectivity index (χ2v) is 1.59. The average molecular weight is 141 g/mol. The van der Waals surface area contributed by atoms with Crippen LogP contribution < -0.4 is 11.1 Å². The number of carbonyl (C=O) groups excluding carboxylic acids is 1. The lowest BCUT2D eigenvalue weighted by Gasteiger charge is -1.95. The molecule has 0 aromatic heterocycles. The SMILES string of the molecule is CN=CC(=CN)C(=O)NC. The van der Waals surface area contributed by atoms with Crippen LogP contribution in [0.3, 0.4) is 0 Å². The molecule has 0 bridgehead atoms. The molecule has 0 saturated heterocycles. The molecule has 0 aromatic rings. The highest BCUT2D eigenvalue weighted by molar-refractivity contribution is 6.11. The normalized spacial score (nSPS) is 12.0. The van der Waals surface area contributed by atoms with E-state index in [-0.39, 0.29) is 5.91 Å². The maximum absolute atomic E-state index is 10.8. The third kappa shape index (κ3) is 2.30. The van der Waals surface area contributed by atoms with Crippen LogP contribution in [0.25, 0.3) is 0 Å². The van der Waals surface area contributed by atoms with E-state index in [9.17, 15) is 4.79 Å². The van der Waals surface area contributed by atoms with Crippen molar-refractivity contribution >= 4 is 12.1 Å². The van der Waals surface area contributed by atoms with Gasteiger partial charge in [0.05, 0.1) is 5.57 Å². The molecule has 0 unspecified atom stereocenters. The van der Waals surface area contributed by atoms with E-state index in [1.54, 1.807) is 7.05 Å². The first-order chi connectivity index (χ1) is 4.76. The second kappa shape index (κ2) is 4.55. The summed E-state index contributed by atoms with van der Waals surface area (Å²) in [5.74, 6) is -0.229. The first-order valence-electron chi connectivity index (χ1n) is 2.82. The van der Waals surface area contributed by atoms with Crippen molar-refractivity contribution < 1.29 is 4.79 Å². The Balaban J connectivity index is 4.23. The van der Waals surface area contributed by atoms with E-state index in [0.29, 0.717) is 5.57 Å². The highest BCUT2D eigenvalue weighted by Crippen LogP contribution is 1.85. The number of nitrogens with two attached hydrogens (primary N) is 1. The van der Waals surface area contributed by atoms with Crippen molar-refractivity contribution in [1.29, 1.82) is 0 Å². The van der Waals surface area contributed by atoms with Crippen LogP contribution in [-0.4, -0.2) is 26.2 Å². The van der Waals surface area contributed by atoms with Gasteiger partial charge in [0.1, 0.15) is 0 Å². The monoisotopic (exact) mass is 141 g/mol. The van der Waals surface area contributed by atoms with Crippen molar-refractivity contribution in [1.82, 2.24) is 5.32 Å². The second-order valence-electron chi connectivity index (χ2n) is 1.59. The minimum atomic E-state index is -0.229. The summed E-state index contributed by atoms with van der Waals surface area (Å²) in [6.07, 6.45) is 2.62. The van der Waals surface area contributed by atoms with Gasteiger partial charge in [0.25, 0.3) is 5.91 Å². The predicted octanol–water partition coefficient (Wildman–Crippen LogP) is -0.724. The molecule has 0 spiro atoms. The van der Waals surface area contributed by atoms with Crippen LogP contribution in [0.1, 0.15) is 0 Å². The molecule has 0 aliphatic rings. The van der Waals surface area contributed by atoms with Gasteiger partial charge in [-0.05, 0) is 0 Å². The van der Waals surface area contributed by atoms with Crippen LogP contribution in [-0.2, 0) is 4.79 Å². The van der Waals surface area contributed by atoms with Gasteiger partial charge in [0.15, 0.2) is 0 Å². The Labute approximate surface area is 59.8 Å². The van der Waals surface area contributed by atoms with E-state index >= 15 is 0 Å². The van der Waals surface area contributed by atoms with Crippen molar-refractivity contribution in [3.05, 3.63) is 11.8 Å². The molecule has 0 aliphatic heterocycles. The van der Waals surface area contributed by atoms with Crippen LogP contribution in [0, 0.1) is 0 Å². The fourth-order valence-electron chi connectivity index (χ4n) is 0.461. The summed E-state index contributed by atoms with van der Waals surface area (Å²) in [4.78, 5) is 14.4. The number of hydrogen-bond acceptors (Lipinski definition) is 3. The van der Waals surface area contributed by atoms with E-state index in [1.165, 1.54) is 19.5 Å². The van der Waals surface area contributed by atoms with Crippen molar-refractivity contribution in [2.45, 2.75) is 0 Å². The van der Waals surface area contributed by atoms with Crippen LogP contribution in [0.2, 0.25) is 0 Å². The van der Waals surface area contributed by atoms with Crippen molar-refractivity contribution in [3.63, 3.8) is 0 Å². The van der Waals surface area contributed by atoms with Crippen molar-refractivity contribution in [3.8, 4) is 0 Å². The summed E-state index contributed by atoms with van der Waals surface area (Å²) in [6, 6.07) is 0. The number of aliphatic imine (C=N–C) groups is 1. The first kappa shape index (κ1) is 8.68. The summed E-state index contributed by atoms with van der Waals surface area (Å²) < 4.78 is 0. The highest BCUT2D eigenvalue weighted by atomic mass is 16.1. The number of nitrogens with zero attached hydrogens (tertiary/aromatic N) is 1. The van der Waals surface area contributed by atoms with Crippen molar-refractivity contribution in [2.75, 3.05) is 14.1 Å². The molecular weight excluding hydrogens is 130 g/mol. The minimum absolute atomic E-state index is 0.229. The third-order valence-corrected chi connectivity index (χ3v) is 0.937. The lowest BCUT2D eigenvalue weighted by atomic mass is 10.3. The number of likely N-dealkylation sites (N-methyl/N-ethyl adjacent to an activating group) is 1. The molecule has 0 atom stereocenters. The molecule has 1 amide bonds. The van der Waals surface area contributed by atoms with Gasteiger partial charge in [0, 0.05) is 26.5 Å². The first-order valence-corrected chi connectivity index (χ1v) is 2.82. The molecule has 0 aliphatic carbocycles. The third-order valence-electron chi connectivity index (χ3n) is 0.937. The zero-order chi connectivity index (χ0) is 7.98. The molecule has 3 N–H and O–H groups in total. The van der Waals surface area contributed by atoms with Gasteiger partial charge >= 0.3 is 0 Å². The molecule has 0 saturated carbocycles. The average Bonchev–Trinajstić information content (AvgIpc) is 1.99. The number of nitrogens with one attached hydrogen (secondary N) is 1. The number of hydrogen-bond donors (Lipinski definition) is 2. The fourth-order valence-corrected chi connectivity index (χ4v) is 0.461. The van der Waals surface area contributed by atoms with Crippen LogP contribution >= 0.6 is 0 Å². The summed E-state index contributed by atoms with van der Waals surface area (Å²) in [6.45, 7) is 0. The number of amides is 1. The van der Waals surface area contributed by atoms with Gasteiger partial charge in [-0.1, -0.05) is 0 Å². The zero-order valence-electron chi connectivity index (χ0n) is 6.09. The standard InChI is InChI=1S/C6H11N3O/c1-8-4-5(3-7)6(10)9-2/h3-4H,7H2,1-2H3,(H,9,10). The van der Waals surface area contributed by atoms with Gasteiger partial charge in [-0.25, -0.2) is 0 Å². The number of carbonyl (C=O) groups is 1. The summed E-state index contributed by atoms with van der Waals surface area (Å²) in [5.41, 5.74) is 5.49. The number of rotatable bonds is 2. The van der Waals surface area contributed by atoms with E-state index < -0.39 is 0 Å². The van der Waals surface area contributed by atoms with Crippen LogP contribution in [0.5, 0.6) is 0 Å². The summed E-state index contributed by atoms with van der Waals surface area (Å²) in [5, 5.41) is 2.42. The molecule has 0 fully saturated rings. The zero-order valence-corrected chi connectivity index (χ0v) is 6.09. The lowest BCUT2D eigenvalue weighted by Crippen LogP contribution is -2.21. The van der Waals surface area contributed by atoms with E-state index in [2.05, 4.69) is 10.3 Å². The Morgan fingerprint density at radius 2 is 2.30 bits per heavy atom. The predicted molar refractivity (Wildman–Crippen MR) is 40.8 cm³/mol. The molecule has 4 nitrogen and oxygen atoms in total. The van der Waals surface area contributed by atoms with E-state index in [4.69, 9.17) is 5.73 Å². The molecule has 0 rings (SSSR count). The maximum Gasteiger partial charge on any atom is 0.254 e. The quantitative estimate of drug-likeness (QED) is 0.393. The minimum Gasteiger partial charge on any atom is -0.404 e. The van der Waals surface area contributed by atoms with Gasteiger partial charge < -0.3 is 11.1 Å². The maximum atomic E-state index is 10.8. The Hall–Kier alpha value is -1.32. The van der Waals surface area contributed by atoms with Crippen molar-refractivity contribution in [2.24, 2.45) is 10.7 Å². The van der Waals surface area contributed by atoms with Gasteiger partial charge in [0.2, 0.25) is 0 Å². The Kier molecular flexibility index (Phi) is 3.95. The van der Waals surface area contributed by atoms with Gasteiger partial charge in [-0.15, -0.1) is 0 Å². The Bertz CT molecular complexity index is 172.